The van der Waals surface area contributed by atoms with Crippen molar-refractivity contribution in [3.8, 4) is 17.2 Å². The van der Waals surface area contributed by atoms with Gasteiger partial charge in [0.15, 0.2) is 0 Å². The van der Waals surface area contributed by atoms with Crippen LogP contribution in [-0.4, -0.2) is 23.9 Å². The monoisotopic (exact) mass is 503 g/mol. The van der Waals surface area contributed by atoms with Crippen molar-refractivity contribution in [3.05, 3.63) is 57.8 Å². The Hall–Kier alpha value is -2.88. The van der Waals surface area contributed by atoms with Gasteiger partial charge in [-0.05, 0) is 64.9 Å². The molecule has 4 rings (SSSR count). The van der Waals surface area contributed by atoms with Gasteiger partial charge in [-0.1, -0.05) is 12.1 Å². The topological polar surface area (TPSA) is 118 Å². The first kappa shape index (κ1) is 19.4. The molecule has 1 aliphatic carbocycles. The molecule has 1 aromatic heterocycles. The Morgan fingerprint density at radius 3 is 2.38 bits per heavy atom. The number of ether oxygens (including phenoxy) is 2. The Morgan fingerprint density at radius 2 is 1.79 bits per heavy atom. The van der Waals surface area contributed by atoms with E-state index in [1.165, 1.54) is 0 Å². The number of amides is 2. The van der Waals surface area contributed by atoms with E-state index in [0.717, 1.165) is 25.8 Å². The van der Waals surface area contributed by atoms with Gasteiger partial charge in [0.25, 0.3) is 0 Å². The summed E-state index contributed by atoms with van der Waals surface area (Å²) in [7, 11) is 1.62. The molecule has 1 unspecified atom stereocenters. The van der Waals surface area contributed by atoms with E-state index < -0.39 is 17.2 Å². The molecule has 4 N–H and O–H groups in total. The summed E-state index contributed by atoms with van der Waals surface area (Å²) in [6, 6.07) is 12.8. The van der Waals surface area contributed by atoms with Gasteiger partial charge in [0.05, 0.1) is 16.2 Å². The number of hydrogen-bond acceptors (Lipinski definition) is 5. The van der Waals surface area contributed by atoms with Crippen molar-refractivity contribution in [3.63, 3.8) is 0 Å². The number of fused-ring (bicyclic) bond motifs is 1. The fourth-order valence-corrected chi connectivity index (χ4v) is 4.27. The number of nitrogens with two attached hydrogens (primary N) is 2. The maximum Gasteiger partial charge on any atom is 0.233 e. The van der Waals surface area contributed by atoms with E-state index in [1.54, 1.807) is 31.5 Å². The minimum atomic E-state index is -1.28. The molecule has 7 nitrogen and oxygen atoms in total. The minimum absolute atomic E-state index is 0.292. The predicted molar refractivity (Wildman–Crippen MR) is 116 cm³/mol. The molecule has 0 spiro atoms. The SMILES string of the molecule is COc1cc2c(Oc3ccc(C4CC4(C(N)=O)C(N)=O)cc3)ccnc2cc1I. The summed E-state index contributed by atoms with van der Waals surface area (Å²) in [4.78, 5) is 27.8. The smallest absolute Gasteiger partial charge is 0.233 e. The van der Waals surface area contributed by atoms with Crippen LogP contribution in [0.15, 0.2) is 48.7 Å². The highest BCUT2D eigenvalue weighted by molar-refractivity contribution is 14.1. The van der Waals surface area contributed by atoms with Crippen LogP contribution in [0.1, 0.15) is 17.9 Å². The van der Waals surface area contributed by atoms with Crippen molar-refractivity contribution >= 4 is 45.3 Å². The third-order valence-corrected chi connectivity index (χ3v) is 6.17. The largest absolute Gasteiger partial charge is 0.496 e. The lowest BCUT2D eigenvalue weighted by Gasteiger charge is -2.12. The zero-order valence-electron chi connectivity index (χ0n) is 15.5. The van der Waals surface area contributed by atoms with Gasteiger partial charge in [0.2, 0.25) is 11.8 Å². The second-order valence-corrected chi connectivity index (χ2v) is 8.10. The maximum atomic E-state index is 11.7. The zero-order valence-corrected chi connectivity index (χ0v) is 17.7. The number of halogens is 1. The van der Waals surface area contributed by atoms with Crippen molar-refractivity contribution in [1.82, 2.24) is 4.98 Å². The summed E-state index contributed by atoms with van der Waals surface area (Å²) in [5.74, 6) is 0.355. The quantitative estimate of drug-likeness (QED) is 0.396. The van der Waals surface area contributed by atoms with Gasteiger partial charge < -0.3 is 20.9 Å². The first-order valence-electron chi connectivity index (χ1n) is 8.86. The van der Waals surface area contributed by atoms with Crippen LogP contribution in [0.2, 0.25) is 0 Å². The standard InChI is InChI=1S/C21H18IN3O4/c1-28-18-8-13-16(9-15(18)22)25-7-6-17(13)29-12-4-2-11(3-5-12)14-10-21(14,19(23)26)20(24)27/h2-9,14H,10H2,1H3,(H2,23,26)(H2,24,27). The molecule has 8 heteroatoms. The van der Waals surface area contributed by atoms with Crippen LogP contribution in [0.25, 0.3) is 10.9 Å². The number of aromatic nitrogens is 1. The number of carbonyl (C=O) groups excluding carboxylic acids is 2. The van der Waals surface area contributed by atoms with Crippen molar-refractivity contribution in [2.24, 2.45) is 16.9 Å². The van der Waals surface area contributed by atoms with Gasteiger partial charge in [-0.25, -0.2) is 0 Å². The summed E-state index contributed by atoms with van der Waals surface area (Å²) >= 11 is 2.20. The molecule has 0 bridgehead atoms. The number of nitrogens with zero attached hydrogens (tertiary/aromatic N) is 1. The molecule has 1 saturated carbocycles. The molecule has 2 amide bonds. The highest BCUT2D eigenvalue weighted by atomic mass is 127. The highest BCUT2D eigenvalue weighted by Crippen LogP contribution is 2.59. The fraction of sp³-hybridized carbons (Fsp3) is 0.190. The second-order valence-electron chi connectivity index (χ2n) is 6.94. The van der Waals surface area contributed by atoms with Crippen LogP contribution < -0.4 is 20.9 Å². The normalized spacial score (nSPS) is 17.0. The number of carbonyl (C=O) groups is 2. The maximum absolute atomic E-state index is 11.7. The fourth-order valence-electron chi connectivity index (χ4n) is 3.59. The highest BCUT2D eigenvalue weighted by Gasteiger charge is 2.64. The Morgan fingerprint density at radius 1 is 1.10 bits per heavy atom. The molecule has 148 valence electrons. The van der Waals surface area contributed by atoms with Gasteiger partial charge in [-0.2, -0.15) is 0 Å². The Labute approximate surface area is 180 Å². The third kappa shape index (κ3) is 3.27. The molecule has 0 aliphatic heterocycles. The molecule has 1 heterocycles. The van der Waals surface area contributed by atoms with E-state index in [-0.39, 0.29) is 5.92 Å². The molecule has 1 atom stereocenters. The van der Waals surface area contributed by atoms with Crippen LogP contribution in [0.3, 0.4) is 0 Å². The molecule has 29 heavy (non-hydrogen) atoms. The first-order valence-corrected chi connectivity index (χ1v) is 9.94. The summed E-state index contributed by atoms with van der Waals surface area (Å²) in [6.45, 7) is 0. The van der Waals surface area contributed by atoms with Crippen LogP contribution in [0.4, 0.5) is 0 Å². The van der Waals surface area contributed by atoms with Crippen molar-refractivity contribution in [2.75, 3.05) is 7.11 Å². The van der Waals surface area contributed by atoms with Crippen molar-refractivity contribution in [2.45, 2.75) is 12.3 Å². The van der Waals surface area contributed by atoms with Gasteiger partial charge in [-0.15, -0.1) is 0 Å². The van der Waals surface area contributed by atoms with Crippen LogP contribution in [0, 0.1) is 8.99 Å². The first-order chi connectivity index (χ1) is 13.9. The summed E-state index contributed by atoms with van der Waals surface area (Å²) in [5, 5.41) is 0.831. The lowest BCUT2D eigenvalue weighted by molar-refractivity contribution is -0.133. The zero-order chi connectivity index (χ0) is 20.8. The number of methoxy groups -OCH3 is 1. The molecule has 2 aromatic carbocycles. The molecule has 0 saturated heterocycles. The minimum Gasteiger partial charge on any atom is -0.496 e. The van der Waals surface area contributed by atoms with E-state index in [2.05, 4.69) is 27.6 Å². The van der Waals surface area contributed by atoms with Gasteiger partial charge in [-0.3, -0.25) is 14.6 Å². The third-order valence-electron chi connectivity index (χ3n) is 5.33. The summed E-state index contributed by atoms with van der Waals surface area (Å²) < 4.78 is 12.4. The molecule has 1 aliphatic rings. The average Bonchev–Trinajstić information content (AvgIpc) is 3.46. The van der Waals surface area contributed by atoms with Crippen LogP contribution in [0.5, 0.6) is 17.2 Å². The molecular formula is C21H18IN3O4. The van der Waals surface area contributed by atoms with Crippen LogP contribution in [-0.2, 0) is 9.59 Å². The molecule has 3 aromatic rings. The number of rotatable bonds is 6. The van der Waals surface area contributed by atoms with E-state index in [1.807, 2.05) is 24.3 Å². The molecule has 1 fully saturated rings. The van der Waals surface area contributed by atoms with Crippen molar-refractivity contribution in [1.29, 1.82) is 0 Å². The van der Waals surface area contributed by atoms with Gasteiger partial charge in [0.1, 0.15) is 22.7 Å². The van der Waals surface area contributed by atoms with Crippen molar-refractivity contribution < 1.29 is 19.1 Å². The van der Waals surface area contributed by atoms with Crippen LogP contribution >= 0.6 is 22.6 Å². The number of hydrogen-bond donors (Lipinski definition) is 2. The molecular weight excluding hydrogens is 485 g/mol. The van der Waals surface area contributed by atoms with E-state index in [4.69, 9.17) is 20.9 Å². The molecule has 0 radical (unpaired) electrons. The summed E-state index contributed by atoms with van der Waals surface area (Å²) in [6.07, 6.45) is 2.03. The lowest BCUT2D eigenvalue weighted by Crippen LogP contribution is -2.38. The Bertz CT molecular complexity index is 1120. The Balaban J connectivity index is 1.60. The van der Waals surface area contributed by atoms with E-state index >= 15 is 0 Å². The van der Waals surface area contributed by atoms with Gasteiger partial charge >= 0.3 is 0 Å². The van der Waals surface area contributed by atoms with E-state index in [9.17, 15) is 9.59 Å². The van der Waals surface area contributed by atoms with Gasteiger partial charge in [0, 0.05) is 17.5 Å². The number of benzene rings is 2. The summed E-state index contributed by atoms with van der Waals surface area (Å²) in [5.41, 5.74) is 11.1. The number of pyridine rings is 1. The Kier molecular flexibility index (Phi) is 4.81. The predicted octanol–water partition coefficient (Wildman–Crippen LogP) is 3.08. The average molecular weight is 503 g/mol. The number of primary amides is 2. The lowest BCUT2D eigenvalue weighted by atomic mass is 9.97. The van der Waals surface area contributed by atoms with E-state index in [0.29, 0.717) is 17.9 Å². The second kappa shape index (κ2) is 7.18.